The van der Waals surface area contributed by atoms with Gasteiger partial charge in [0.05, 0.1) is 4.92 Å². The molecular weight excluding hydrogens is 266 g/mol. The van der Waals surface area contributed by atoms with E-state index in [1.807, 2.05) is 12.1 Å². The normalized spacial score (nSPS) is 11.2. The maximum absolute atomic E-state index is 10.6. The summed E-state index contributed by atoms with van der Waals surface area (Å²) in [5.74, 6) is 0.793. The lowest BCUT2D eigenvalue weighted by atomic mass is 9.87. The van der Waals surface area contributed by atoms with Gasteiger partial charge in [-0.25, -0.2) is 0 Å². The summed E-state index contributed by atoms with van der Waals surface area (Å²) in [5.41, 5.74) is 2.37. The van der Waals surface area contributed by atoms with E-state index >= 15 is 0 Å². The molecule has 0 aromatic heterocycles. The SMILES string of the molecule is CC(C)(C)c1ccc(OCc2ccc([N+](=O)[O-])cc2)cc1. The molecule has 21 heavy (non-hydrogen) atoms. The van der Waals surface area contributed by atoms with Crippen LogP contribution in [0.5, 0.6) is 5.75 Å². The highest BCUT2D eigenvalue weighted by Crippen LogP contribution is 2.24. The van der Waals surface area contributed by atoms with Gasteiger partial charge < -0.3 is 4.74 Å². The highest BCUT2D eigenvalue weighted by Gasteiger charge is 2.13. The van der Waals surface area contributed by atoms with Crippen molar-refractivity contribution in [3.63, 3.8) is 0 Å². The zero-order valence-corrected chi connectivity index (χ0v) is 12.5. The molecule has 0 heterocycles. The molecule has 0 bridgehead atoms. The van der Waals surface area contributed by atoms with Crippen molar-refractivity contribution in [3.8, 4) is 5.75 Å². The van der Waals surface area contributed by atoms with Crippen molar-refractivity contribution >= 4 is 5.69 Å². The minimum Gasteiger partial charge on any atom is -0.489 e. The molecule has 2 rings (SSSR count). The molecule has 2 aromatic carbocycles. The van der Waals surface area contributed by atoms with Crippen molar-refractivity contribution in [3.05, 3.63) is 69.8 Å². The van der Waals surface area contributed by atoms with Crippen LogP contribution in [-0.2, 0) is 12.0 Å². The van der Waals surface area contributed by atoms with Crippen LogP contribution in [-0.4, -0.2) is 4.92 Å². The van der Waals surface area contributed by atoms with Crippen molar-refractivity contribution in [1.82, 2.24) is 0 Å². The van der Waals surface area contributed by atoms with E-state index in [0.717, 1.165) is 11.3 Å². The standard InChI is InChI=1S/C17H19NO3/c1-17(2,3)14-6-10-16(11-7-14)21-12-13-4-8-15(9-5-13)18(19)20/h4-11H,12H2,1-3H3. The van der Waals surface area contributed by atoms with Gasteiger partial charge in [-0.15, -0.1) is 0 Å². The Kier molecular flexibility index (Phi) is 4.26. The number of ether oxygens (including phenoxy) is 1. The molecule has 4 heteroatoms. The van der Waals surface area contributed by atoms with Crippen LogP contribution in [0.1, 0.15) is 31.9 Å². The number of hydrogen-bond donors (Lipinski definition) is 0. The average Bonchev–Trinajstić information content (AvgIpc) is 2.45. The van der Waals surface area contributed by atoms with E-state index in [2.05, 4.69) is 32.9 Å². The molecule has 0 spiro atoms. The first-order valence-electron chi connectivity index (χ1n) is 6.83. The summed E-state index contributed by atoms with van der Waals surface area (Å²) >= 11 is 0. The number of nitrogens with zero attached hydrogens (tertiary/aromatic N) is 1. The topological polar surface area (TPSA) is 52.4 Å². The van der Waals surface area contributed by atoms with Gasteiger partial charge in [0.1, 0.15) is 12.4 Å². The van der Waals surface area contributed by atoms with Crippen LogP contribution >= 0.6 is 0 Å². The minimum atomic E-state index is -0.407. The molecule has 0 aliphatic carbocycles. The predicted molar refractivity (Wildman–Crippen MR) is 82.6 cm³/mol. The summed E-state index contributed by atoms with van der Waals surface area (Å²) in [5, 5.41) is 10.6. The van der Waals surface area contributed by atoms with Gasteiger partial charge in [-0.1, -0.05) is 32.9 Å². The van der Waals surface area contributed by atoms with Crippen LogP contribution in [0.15, 0.2) is 48.5 Å². The van der Waals surface area contributed by atoms with Gasteiger partial charge in [-0.2, -0.15) is 0 Å². The van der Waals surface area contributed by atoms with Crippen LogP contribution in [0.25, 0.3) is 0 Å². The fraction of sp³-hybridized carbons (Fsp3) is 0.294. The Labute approximate surface area is 124 Å². The Morgan fingerprint density at radius 2 is 1.57 bits per heavy atom. The molecule has 0 aliphatic rings. The molecule has 4 nitrogen and oxygen atoms in total. The largest absolute Gasteiger partial charge is 0.489 e. The minimum absolute atomic E-state index is 0.0910. The second-order valence-corrected chi connectivity index (χ2v) is 5.99. The van der Waals surface area contributed by atoms with E-state index in [-0.39, 0.29) is 11.1 Å². The van der Waals surface area contributed by atoms with Gasteiger partial charge in [-0.05, 0) is 40.8 Å². The Balaban J connectivity index is 1.98. The second kappa shape index (κ2) is 5.95. The molecule has 0 radical (unpaired) electrons. The third kappa shape index (κ3) is 4.05. The van der Waals surface area contributed by atoms with Crippen LogP contribution in [0.4, 0.5) is 5.69 Å². The molecule has 110 valence electrons. The molecule has 0 fully saturated rings. The molecule has 0 atom stereocenters. The fourth-order valence-corrected chi connectivity index (χ4v) is 1.93. The third-order valence-electron chi connectivity index (χ3n) is 3.27. The van der Waals surface area contributed by atoms with E-state index in [0.29, 0.717) is 6.61 Å². The van der Waals surface area contributed by atoms with Crippen molar-refractivity contribution < 1.29 is 9.66 Å². The first-order valence-corrected chi connectivity index (χ1v) is 6.83. The molecular formula is C17H19NO3. The van der Waals surface area contributed by atoms with E-state index < -0.39 is 4.92 Å². The Hall–Kier alpha value is -2.36. The lowest BCUT2D eigenvalue weighted by Crippen LogP contribution is -2.10. The van der Waals surface area contributed by atoms with Gasteiger partial charge in [0.15, 0.2) is 0 Å². The number of non-ortho nitro benzene ring substituents is 1. The molecule has 0 amide bonds. The zero-order chi connectivity index (χ0) is 15.5. The van der Waals surface area contributed by atoms with Gasteiger partial charge >= 0.3 is 0 Å². The van der Waals surface area contributed by atoms with Crippen LogP contribution < -0.4 is 4.74 Å². The number of nitro groups is 1. The van der Waals surface area contributed by atoms with Crippen LogP contribution in [0.3, 0.4) is 0 Å². The summed E-state index contributed by atoms with van der Waals surface area (Å²) in [6.07, 6.45) is 0. The summed E-state index contributed by atoms with van der Waals surface area (Å²) in [4.78, 5) is 10.2. The maximum atomic E-state index is 10.6. The lowest BCUT2D eigenvalue weighted by Gasteiger charge is -2.19. The first kappa shape index (κ1) is 15.0. The zero-order valence-electron chi connectivity index (χ0n) is 12.5. The molecule has 0 saturated carbocycles. The maximum Gasteiger partial charge on any atom is 0.269 e. The molecule has 2 aromatic rings. The van der Waals surface area contributed by atoms with E-state index in [1.54, 1.807) is 12.1 Å². The van der Waals surface area contributed by atoms with Gasteiger partial charge in [0, 0.05) is 12.1 Å². The van der Waals surface area contributed by atoms with Crippen molar-refractivity contribution in [1.29, 1.82) is 0 Å². The van der Waals surface area contributed by atoms with E-state index in [9.17, 15) is 10.1 Å². The van der Waals surface area contributed by atoms with Gasteiger partial charge in [0.2, 0.25) is 0 Å². The highest BCUT2D eigenvalue weighted by molar-refractivity contribution is 5.34. The summed E-state index contributed by atoms with van der Waals surface area (Å²) in [6.45, 7) is 6.89. The highest BCUT2D eigenvalue weighted by atomic mass is 16.6. The number of nitro benzene ring substituents is 1. The van der Waals surface area contributed by atoms with Crippen LogP contribution in [0.2, 0.25) is 0 Å². The smallest absolute Gasteiger partial charge is 0.269 e. The number of benzene rings is 2. The van der Waals surface area contributed by atoms with Crippen molar-refractivity contribution in [2.24, 2.45) is 0 Å². The lowest BCUT2D eigenvalue weighted by molar-refractivity contribution is -0.384. The van der Waals surface area contributed by atoms with Crippen molar-refractivity contribution in [2.45, 2.75) is 32.8 Å². The third-order valence-corrected chi connectivity index (χ3v) is 3.27. The average molecular weight is 285 g/mol. The monoisotopic (exact) mass is 285 g/mol. The Morgan fingerprint density at radius 3 is 2.05 bits per heavy atom. The number of rotatable bonds is 4. The van der Waals surface area contributed by atoms with Gasteiger partial charge in [-0.3, -0.25) is 10.1 Å². The first-order chi connectivity index (χ1) is 9.86. The second-order valence-electron chi connectivity index (χ2n) is 5.99. The quantitative estimate of drug-likeness (QED) is 0.615. The molecule has 0 saturated heterocycles. The summed E-state index contributed by atoms with van der Waals surface area (Å²) in [7, 11) is 0. The van der Waals surface area contributed by atoms with Crippen LogP contribution in [0, 0.1) is 10.1 Å². The summed E-state index contributed by atoms with van der Waals surface area (Å²) < 4.78 is 5.69. The Bertz CT molecular complexity index is 610. The Morgan fingerprint density at radius 1 is 1.00 bits per heavy atom. The fourth-order valence-electron chi connectivity index (χ4n) is 1.93. The van der Waals surface area contributed by atoms with E-state index in [1.165, 1.54) is 17.7 Å². The predicted octanol–water partition coefficient (Wildman–Crippen LogP) is 4.47. The molecule has 0 unspecified atom stereocenters. The molecule has 0 N–H and O–H groups in total. The van der Waals surface area contributed by atoms with Gasteiger partial charge in [0.25, 0.3) is 5.69 Å². The van der Waals surface area contributed by atoms with Crippen molar-refractivity contribution in [2.75, 3.05) is 0 Å². The number of hydrogen-bond acceptors (Lipinski definition) is 3. The summed E-state index contributed by atoms with van der Waals surface area (Å²) in [6, 6.07) is 14.4. The van der Waals surface area contributed by atoms with E-state index in [4.69, 9.17) is 4.74 Å². The molecule has 0 aliphatic heterocycles.